The Morgan fingerprint density at radius 2 is 1.88 bits per heavy atom. The van der Waals surface area contributed by atoms with Crippen LogP contribution in [0.25, 0.3) is 11.3 Å². The Morgan fingerprint density at radius 1 is 1.16 bits per heavy atom. The Balaban J connectivity index is 1.54. The average Bonchev–Trinajstić information content (AvgIpc) is 2.96. The van der Waals surface area contributed by atoms with Crippen LogP contribution in [-0.2, 0) is 14.4 Å². The van der Waals surface area contributed by atoms with E-state index in [1.807, 2.05) is 0 Å². The number of piperazine rings is 1. The van der Waals surface area contributed by atoms with Crippen LogP contribution in [0.3, 0.4) is 0 Å². The van der Waals surface area contributed by atoms with Gasteiger partial charge in [-0.3, -0.25) is 19.3 Å². The molecule has 14 heteroatoms. The van der Waals surface area contributed by atoms with Gasteiger partial charge in [-0.05, 0) is 38.1 Å². The van der Waals surface area contributed by atoms with Crippen LogP contribution in [0, 0.1) is 11.7 Å². The molecule has 3 unspecified atom stereocenters. The quantitative estimate of drug-likeness (QED) is 0.205. The lowest BCUT2D eigenvalue weighted by Gasteiger charge is -2.35. The van der Waals surface area contributed by atoms with Gasteiger partial charge in [0.25, 0.3) is 0 Å². The first-order valence-corrected chi connectivity index (χ1v) is 14.3. The molecule has 2 aromatic heterocycles. The monoisotopic (exact) mass is 611 g/mol. The third-order valence-electron chi connectivity index (χ3n) is 6.98. The summed E-state index contributed by atoms with van der Waals surface area (Å²) in [4.78, 5) is 47.9. The summed E-state index contributed by atoms with van der Waals surface area (Å²) in [5.41, 5.74) is 0.733. The number of carbonyl (C=O) groups is 3. The van der Waals surface area contributed by atoms with Crippen molar-refractivity contribution in [1.82, 2.24) is 30.4 Å². The van der Waals surface area contributed by atoms with Crippen LogP contribution in [0.4, 0.5) is 27.5 Å². The van der Waals surface area contributed by atoms with E-state index in [4.69, 9.17) is 11.6 Å². The molecule has 4 rings (SSSR count). The maximum absolute atomic E-state index is 14.7. The van der Waals surface area contributed by atoms with Gasteiger partial charge in [-0.15, -0.1) is 10.2 Å². The molecule has 1 aromatic carbocycles. The third kappa shape index (κ3) is 8.72. The number of ketones is 1. The number of benzene rings is 1. The van der Waals surface area contributed by atoms with Gasteiger partial charge >= 0.3 is 0 Å². The van der Waals surface area contributed by atoms with Gasteiger partial charge in [-0.25, -0.2) is 14.4 Å². The molecule has 0 radical (unpaired) electrons. The summed E-state index contributed by atoms with van der Waals surface area (Å²) in [5, 5.41) is 18.3. The van der Waals surface area contributed by atoms with Crippen molar-refractivity contribution in [3.8, 4) is 11.3 Å². The number of amides is 1. The fraction of sp³-hybridized carbons (Fsp3) is 0.414. The second-order valence-corrected chi connectivity index (χ2v) is 11.3. The zero-order valence-electron chi connectivity index (χ0n) is 24.5. The minimum atomic E-state index is -0.601. The summed E-state index contributed by atoms with van der Waals surface area (Å²) in [6.45, 7) is 8.43. The molecule has 3 N–H and O–H groups in total. The van der Waals surface area contributed by atoms with Crippen molar-refractivity contribution in [2.45, 2.75) is 39.3 Å². The lowest BCUT2D eigenvalue weighted by atomic mass is 10.1. The molecular formula is C29H35ClFN9O3. The number of aromatic nitrogens is 4. The molecule has 1 fully saturated rings. The van der Waals surface area contributed by atoms with Crippen molar-refractivity contribution in [1.29, 1.82) is 0 Å². The number of rotatable bonds is 12. The van der Waals surface area contributed by atoms with Gasteiger partial charge in [0.15, 0.2) is 17.9 Å². The Kier molecular flexibility index (Phi) is 10.7. The average molecular weight is 612 g/mol. The van der Waals surface area contributed by atoms with Crippen LogP contribution >= 0.6 is 11.6 Å². The highest BCUT2D eigenvalue weighted by molar-refractivity contribution is 6.30. The summed E-state index contributed by atoms with van der Waals surface area (Å²) in [5.74, 6) is -0.921. The highest BCUT2D eigenvalue weighted by Gasteiger charge is 2.22. The van der Waals surface area contributed by atoms with Crippen LogP contribution < -0.4 is 20.9 Å². The Bertz CT molecular complexity index is 1470. The maximum Gasteiger partial charge on any atom is 0.226 e. The van der Waals surface area contributed by atoms with Crippen molar-refractivity contribution >= 4 is 52.7 Å². The second kappa shape index (κ2) is 14.4. The smallest absolute Gasteiger partial charge is 0.226 e. The Morgan fingerprint density at radius 3 is 2.60 bits per heavy atom. The van der Waals surface area contributed by atoms with Gasteiger partial charge in [0.2, 0.25) is 5.91 Å². The number of Topliss-reactive ketones (excluding diaryl/α,β-unsaturated/α-hetero) is 1. The molecule has 228 valence electrons. The largest absolute Gasteiger partial charge is 0.356 e. The molecule has 1 amide bonds. The zero-order valence-corrected chi connectivity index (χ0v) is 25.2. The lowest BCUT2D eigenvalue weighted by Crippen LogP contribution is -2.54. The molecule has 1 saturated heterocycles. The van der Waals surface area contributed by atoms with Crippen LogP contribution in [0.15, 0.2) is 36.7 Å². The van der Waals surface area contributed by atoms with Crippen molar-refractivity contribution in [2.24, 2.45) is 5.92 Å². The Labute approximate surface area is 254 Å². The number of anilines is 4. The number of aldehydes is 1. The first-order chi connectivity index (χ1) is 20.5. The standard InChI is InChI=1S/C29H35ClFN9O3/c1-17(25(42)15-41)12-39(4)29-24(10-23(37-38-29)21-9-20(30)5-6-22(21)31)35-26-11-27(33-16-32-26)36-28(43)7-8-40-13-18(2)34-19(3)14-40/h5-6,9-11,15-19,34H,7-8,12-14H2,1-4H3,(H2,32,33,35,36,37,43). The number of halogens is 2. The fourth-order valence-corrected chi connectivity index (χ4v) is 5.18. The number of nitrogens with one attached hydrogen (secondary N) is 3. The first kappa shape index (κ1) is 31.9. The molecule has 0 aliphatic carbocycles. The number of hydrogen-bond donors (Lipinski definition) is 3. The van der Waals surface area contributed by atoms with Crippen LogP contribution in [0.1, 0.15) is 27.2 Å². The highest BCUT2D eigenvalue weighted by Crippen LogP contribution is 2.32. The van der Waals surface area contributed by atoms with Crippen molar-refractivity contribution in [3.05, 3.63) is 47.5 Å². The summed E-state index contributed by atoms with van der Waals surface area (Å²) in [6.07, 6.45) is 1.90. The molecule has 43 heavy (non-hydrogen) atoms. The first-order valence-electron chi connectivity index (χ1n) is 13.9. The molecule has 0 saturated carbocycles. The van der Waals surface area contributed by atoms with Crippen molar-refractivity contribution in [2.75, 3.05) is 48.8 Å². The summed E-state index contributed by atoms with van der Waals surface area (Å²) in [7, 11) is 1.69. The van der Waals surface area contributed by atoms with E-state index in [0.29, 0.717) is 53.2 Å². The van der Waals surface area contributed by atoms with Gasteiger partial charge in [0, 0.05) is 74.3 Å². The predicted octanol–water partition coefficient (Wildman–Crippen LogP) is 3.32. The van der Waals surface area contributed by atoms with E-state index in [2.05, 4.69) is 54.9 Å². The SMILES string of the molecule is CC1CN(CCC(=O)Nc2cc(Nc3cc(-c4cc(Cl)ccc4F)nnc3N(C)CC(C)C(=O)C=O)ncn2)CC(C)N1. The molecule has 1 aliphatic rings. The topological polar surface area (TPSA) is 145 Å². The van der Waals surface area contributed by atoms with E-state index >= 15 is 0 Å². The molecular weight excluding hydrogens is 577 g/mol. The van der Waals surface area contributed by atoms with Gasteiger partial charge in [0.05, 0.1) is 11.4 Å². The molecule has 3 heterocycles. The van der Waals surface area contributed by atoms with Crippen LogP contribution in [0.2, 0.25) is 5.02 Å². The molecule has 3 atom stereocenters. The normalized spacial score (nSPS) is 17.6. The number of nitrogens with zero attached hydrogens (tertiary/aromatic N) is 6. The predicted molar refractivity (Wildman–Crippen MR) is 163 cm³/mol. The van der Waals surface area contributed by atoms with Crippen molar-refractivity contribution in [3.63, 3.8) is 0 Å². The molecule has 1 aliphatic heterocycles. The number of carbonyl (C=O) groups excluding carboxylic acids is 3. The van der Waals surface area contributed by atoms with Gasteiger partial charge in [-0.1, -0.05) is 18.5 Å². The Hall–Kier alpha value is -4.07. The highest BCUT2D eigenvalue weighted by atomic mass is 35.5. The minimum Gasteiger partial charge on any atom is -0.356 e. The third-order valence-corrected chi connectivity index (χ3v) is 7.21. The van der Waals surface area contributed by atoms with Gasteiger partial charge in [0.1, 0.15) is 23.8 Å². The summed E-state index contributed by atoms with van der Waals surface area (Å²) in [6, 6.07) is 7.98. The molecule has 12 nitrogen and oxygen atoms in total. The minimum absolute atomic E-state index is 0.144. The van der Waals surface area contributed by atoms with Gasteiger partial charge in [-0.2, -0.15) is 0 Å². The lowest BCUT2D eigenvalue weighted by molar-refractivity contribution is -0.132. The van der Waals surface area contributed by atoms with E-state index in [9.17, 15) is 18.8 Å². The van der Waals surface area contributed by atoms with E-state index in [0.717, 1.165) is 13.1 Å². The van der Waals surface area contributed by atoms with Crippen LogP contribution in [-0.4, -0.2) is 88.4 Å². The zero-order chi connectivity index (χ0) is 31.1. The van der Waals surface area contributed by atoms with Gasteiger partial charge < -0.3 is 20.9 Å². The van der Waals surface area contributed by atoms with Crippen LogP contribution in [0.5, 0.6) is 0 Å². The second-order valence-electron chi connectivity index (χ2n) is 10.8. The molecule has 0 spiro atoms. The maximum atomic E-state index is 14.7. The fourth-order valence-electron chi connectivity index (χ4n) is 5.01. The van der Waals surface area contributed by atoms with E-state index in [-0.39, 0.29) is 30.0 Å². The molecule has 0 bridgehead atoms. The summed E-state index contributed by atoms with van der Waals surface area (Å²) >= 11 is 6.10. The van der Waals surface area contributed by atoms with E-state index in [1.165, 1.54) is 24.5 Å². The van der Waals surface area contributed by atoms with E-state index < -0.39 is 17.5 Å². The molecule has 3 aromatic rings. The van der Waals surface area contributed by atoms with Crippen molar-refractivity contribution < 1.29 is 18.8 Å². The van der Waals surface area contributed by atoms with E-state index in [1.54, 1.807) is 31.0 Å². The number of hydrogen-bond acceptors (Lipinski definition) is 11. The summed E-state index contributed by atoms with van der Waals surface area (Å²) < 4.78 is 14.7.